The van der Waals surface area contributed by atoms with Gasteiger partial charge in [-0.05, 0) is 36.8 Å². The molecule has 0 aliphatic heterocycles. The zero-order valence-corrected chi connectivity index (χ0v) is 11.9. The van der Waals surface area contributed by atoms with Gasteiger partial charge in [-0.15, -0.1) is 0 Å². The van der Waals surface area contributed by atoms with Crippen LogP contribution in [0.4, 0.5) is 5.69 Å². The van der Waals surface area contributed by atoms with Crippen molar-refractivity contribution in [2.75, 3.05) is 11.9 Å². The van der Waals surface area contributed by atoms with Crippen molar-refractivity contribution in [1.82, 2.24) is 0 Å². The predicted octanol–water partition coefficient (Wildman–Crippen LogP) is 2.98. The van der Waals surface area contributed by atoms with Crippen molar-refractivity contribution >= 4 is 11.6 Å². The number of benzene rings is 2. The molecule has 2 rings (SSSR count). The number of amides is 1. The van der Waals surface area contributed by atoms with Crippen molar-refractivity contribution in [2.45, 2.75) is 13.3 Å². The van der Waals surface area contributed by atoms with Crippen LogP contribution in [0.5, 0.6) is 0 Å². The molecule has 0 aliphatic carbocycles. The number of para-hydroxylation sites is 1. The van der Waals surface area contributed by atoms with Crippen molar-refractivity contribution in [1.29, 1.82) is 0 Å². The second-order valence-electron chi connectivity index (χ2n) is 4.64. The van der Waals surface area contributed by atoms with Crippen molar-refractivity contribution in [3.05, 3.63) is 65.2 Å². The molecule has 3 nitrogen and oxygen atoms in total. The van der Waals surface area contributed by atoms with Gasteiger partial charge in [0, 0.05) is 17.7 Å². The van der Waals surface area contributed by atoms with Gasteiger partial charge in [0.1, 0.15) is 0 Å². The largest absolute Gasteiger partial charge is 0.395 e. The van der Waals surface area contributed by atoms with Crippen LogP contribution in [-0.4, -0.2) is 17.6 Å². The normalized spacial score (nSPS) is 9.62. The van der Waals surface area contributed by atoms with E-state index in [1.165, 1.54) is 0 Å². The van der Waals surface area contributed by atoms with Gasteiger partial charge in [0.05, 0.1) is 12.2 Å². The van der Waals surface area contributed by atoms with E-state index in [-0.39, 0.29) is 12.5 Å². The van der Waals surface area contributed by atoms with Gasteiger partial charge in [0.2, 0.25) is 0 Å². The number of nitrogens with one attached hydrogen (secondary N) is 1. The monoisotopic (exact) mass is 279 g/mol. The number of aliphatic hydroxyl groups excluding tert-OH is 1. The first-order chi connectivity index (χ1) is 10.2. The number of carbonyl (C=O) groups excluding carboxylic acids is 1. The molecule has 0 bridgehead atoms. The third-order valence-corrected chi connectivity index (χ3v) is 2.91. The molecule has 21 heavy (non-hydrogen) atoms. The van der Waals surface area contributed by atoms with Crippen LogP contribution >= 0.6 is 0 Å². The molecule has 0 heterocycles. The molecular formula is C18H17NO2. The zero-order valence-electron chi connectivity index (χ0n) is 11.9. The Balaban J connectivity index is 2.26. The summed E-state index contributed by atoms with van der Waals surface area (Å²) in [6.45, 7) is 1.97. The van der Waals surface area contributed by atoms with Gasteiger partial charge in [-0.25, -0.2) is 0 Å². The highest BCUT2D eigenvalue weighted by Crippen LogP contribution is 2.14. The molecule has 106 valence electrons. The third-order valence-electron chi connectivity index (χ3n) is 2.91. The molecule has 2 aromatic rings. The Labute approximate surface area is 124 Å². The van der Waals surface area contributed by atoms with Crippen molar-refractivity contribution < 1.29 is 9.90 Å². The minimum Gasteiger partial charge on any atom is -0.395 e. The van der Waals surface area contributed by atoms with Crippen LogP contribution in [-0.2, 0) is 0 Å². The number of aliphatic hydroxyl groups is 1. The summed E-state index contributed by atoms with van der Waals surface area (Å²) in [5.41, 5.74) is 3.00. The van der Waals surface area contributed by atoms with E-state index in [0.29, 0.717) is 17.5 Å². The maximum atomic E-state index is 12.4. The van der Waals surface area contributed by atoms with Gasteiger partial charge in [-0.3, -0.25) is 4.79 Å². The number of hydrogen-bond acceptors (Lipinski definition) is 2. The average molecular weight is 279 g/mol. The van der Waals surface area contributed by atoms with Crippen LogP contribution in [0, 0.1) is 18.8 Å². The van der Waals surface area contributed by atoms with E-state index in [1.54, 1.807) is 6.07 Å². The Hall–Kier alpha value is -2.57. The van der Waals surface area contributed by atoms with Crippen molar-refractivity contribution in [3.8, 4) is 11.8 Å². The van der Waals surface area contributed by atoms with Crippen LogP contribution in [0.25, 0.3) is 0 Å². The fraction of sp³-hybridized carbons (Fsp3) is 0.167. The van der Waals surface area contributed by atoms with Gasteiger partial charge in [0.25, 0.3) is 5.91 Å². The lowest BCUT2D eigenvalue weighted by molar-refractivity contribution is 0.102. The first-order valence-corrected chi connectivity index (χ1v) is 6.77. The summed E-state index contributed by atoms with van der Waals surface area (Å²) >= 11 is 0. The summed E-state index contributed by atoms with van der Waals surface area (Å²) in [5.74, 6) is 5.62. The van der Waals surface area contributed by atoms with Crippen LogP contribution in [0.15, 0.2) is 48.5 Å². The topological polar surface area (TPSA) is 49.3 Å². The molecule has 0 aromatic heterocycles. The minimum atomic E-state index is -0.186. The van der Waals surface area contributed by atoms with Gasteiger partial charge >= 0.3 is 0 Å². The fourth-order valence-corrected chi connectivity index (χ4v) is 1.89. The van der Waals surface area contributed by atoms with E-state index in [4.69, 9.17) is 5.11 Å². The SMILES string of the molecule is Cc1ccc(C(=O)Nc2ccccc2)c(C#CCCO)c1. The van der Waals surface area contributed by atoms with E-state index >= 15 is 0 Å². The minimum absolute atomic E-state index is 0.0182. The molecule has 0 radical (unpaired) electrons. The van der Waals surface area contributed by atoms with E-state index in [1.807, 2.05) is 49.4 Å². The first kappa shape index (κ1) is 14.8. The third kappa shape index (κ3) is 4.20. The van der Waals surface area contributed by atoms with Crippen LogP contribution < -0.4 is 5.32 Å². The summed E-state index contributed by atoms with van der Waals surface area (Å²) < 4.78 is 0. The molecule has 0 spiro atoms. The molecule has 0 atom stereocenters. The molecule has 2 aromatic carbocycles. The van der Waals surface area contributed by atoms with Crippen LogP contribution in [0.3, 0.4) is 0 Å². The number of anilines is 1. The second-order valence-corrected chi connectivity index (χ2v) is 4.64. The number of carbonyl (C=O) groups is 1. The lowest BCUT2D eigenvalue weighted by Gasteiger charge is -2.07. The summed E-state index contributed by atoms with van der Waals surface area (Å²) in [6, 6.07) is 14.8. The Morgan fingerprint density at radius 3 is 2.67 bits per heavy atom. The van der Waals surface area contributed by atoms with Gasteiger partial charge in [-0.1, -0.05) is 36.1 Å². The van der Waals surface area contributed by atoms with E-state index in [0.717, 1.165) is 11.3 Å². The molecule has 0 saturated heterocycles. The maximum absolute atomic E-state index is 12.4. The van der Waals surface area contributed by atoms with E-state index in [2.05, 4.69) is 17.2 Å². The quantitative estimate of drug-likeness (QED) is 0.849. The molecule has 2 N–H and O–H groups in total. The summed E-state index contributed by atoms with van der Waals surface area (Å²) in [5, 5.41) is 11.6. The second kappa shape index (κ2) is 7.28. The standard InChI is InChI=1S/C18H17NO2/c1-14-10-11-17(15(13-14)7-5-6-12-20)18(21)19-16-8-3-2-4-9-16/h2-4,8-11,13,20H,6,12H2,1H3,(H,19,21). The Morgan fingerprint density at radius 1 is 1.19 bits per heavy atom. The Bertz CT molecular complexity index is 681. The average Bonchev–Trinajstić information content (AvgIpc) is 2.48. The molecule has 0 fully saturated rings. The van der Waals surface area contributed by atoms with Gasteiger partial charge in [0.15, 0.2) is 0 Å². The van der Waals surface area contributed by atoms with Gasteiger partial charge in [-0.2, -0.15) is 0 Å². The van der Waals surface area contributed by atoms with E-state index < -0.39 is 0 Å². The summed E-state index contributed by atoms with van der Waals surface area (Å²) in [6.07, 6.45) is 0.397. The highest BCUT2D eigenvalue weighted by atomic mass is 16.2. The Kier molecular flexibility index (Phi) is 5.14. The number of hydrogen-bond donors (Lipinski definition) is 2. The lowest BCUT2D eigenvalue weighted by atomic mass is 10.0. The molecule has 0 unspecified atom stereocenters. The molecule has 0 saturated carbocycles. The smallest absolute Gasteiger partial charge is 0.256 e. The molecule has 3 heteroatoms. The number of rotatable bonds is 3. The van der Waals surface area contributed by atoms with Crippen LogP contribution in [0.2, 0.25) is 0 Å². The van der Waals surface area contributed by atoms with Crippen molar-refractivity contribution in [2.24, 2.45) is 0 Å². The van der Waals surface area contributed by atoms with Crippen molar-refractivity contribution in [3.63, 3.8) is 0 Å². The fourth-order valence-electron chi connectivity index (χ4n) is 1.89. The highest BCUT2D eigenvalue weighted by Gasteiger charge is 2.10. The van der Waals surface area contributed by atoms with Gasteiger partial charge < -0.3 is 10.4 Å². The highest BCUT2D eigenvalue weighted by molar-refractivity contribution is 6.06. The predicted molar refractivity (Wildman–Crippen MR) is 84.2 cm³/mol. The molecule has 0 aliphatic rings. The lowest BCUT2D eigenvalue weighted by Crippen LogP contribution is -2.13. The van der Waals surface area contributed by atoms with E-state index in [9.17, 15) is 4.79 Å². The molecule has 1 amide bonds. The zero-order chi connectivity index (χ0) is 15.1. The summed E-state index contributed by atoms with van der Waals surface area (Å²) in [7, 11) is 0. The van der Waals surface area contributed by atoms with Crippen LogP contribution in [0.1, 0.15) is 27.9 Å². The first-order valence-electron chi connectivity index (χ1n) is 6.77. The maximum Gasteiger partial charge on any atom is 0.256 e. The Morgan fingerprint density at radius 2 is 1.95 bits per heavy atom. The molecular weight excluding hydrogens is 262 g/mol. The summed E-state index contributed by atoms with van der Waals surface area (Å²) in [4.78, 5) is 12.4. The number of aryl methyl sites for hydroxylation is 1.